The molecule has 0 saturated heterocycles. The highest BCUT2D eigenvalue weighted by molar-refractivity contribution is 5.77. The molecule has 0 aliphatic rings. The standard InChI is InChI=1S/C12H13F4NO3/c1-12(17,11(18)19)3-2-4-20-10-8(15)6(13)5-7(14)9(10)16/h5H,2-4,17H2,1H3,(H,18,19). The van der Waals surface area contributed by atoms with Gasteiger partial charge in [0.05, 0.1) is 6.61 Å². The van der Waals surface area contributed by atoms with Crippen LogP contribution in [0.1, 0.15) is 19.8 Å². The molecule has 8 heteroatoms. The molecule has 1 aromatic rings. The van der Waals surface area contributed by atoms with Gasteiger partial charge in [-0.15, -0.1) is 0 Å². The number of rotatable bonds is 6. The molecule has 0 amide bonds. The number of carbonyl (C=O) groups is 1. The normalized spacial score (nSPS) is 13.9. The molecule has 1 aromatic carbocycles. The van der Waals surface area contributed by atoms with E-state index in [0.717, 1.165) is 0 Å². The lowest BCUT2D eigenvalue weighted by atomic mass is 9.98. The second-order valence-electron chi connectivity index (χ2n) is 4.47. The maximum absolute atomic E-state index is 13.2. The molecule has 0 fully saturated rings. The van der Waals surface area contributed by atoms with Crippen molar-refractivity contribution in [2.75, 3.05) is 6.61 Å². The van der Waals surface area contributed by atoms with Crippen LogP contribution in [0.5, 0.6) is 5.75 Å². The molecule has 0 aliphatic carbocycles. The fourth-order valence-electron chi connectivity index (χ4n) is 1.40. The third-order valence-corrected chi connectivity index (χ3v) is 2.65. The quantitative estimate of drug-likeness (QED) is 0.479. The molecule has 1 rings (SSSR count). The Kier molecular flexibility index (Phi) is 4.93. The van der Waals surface area contributed by atoms with Crippen molar-refractivity contribution in [3.8, 4) is 5.75 Å². The Balaban J connectivity index is 2.66. The summed E-state index contributed by atoms with van der Waals surface area (Å²) in [5.74, 6) is -8.85. The van der Waals surface area contributed by atoms with Gasteiger partial charge >= 0.3 is 5.97 Å². The van der Waals surface area contributed by atoms with Crippen molar-refractivity contribution in [2.24, 2.45) is 5.73 Å². The van der Waals surface area contributed by atoms with E-state index in [9.17, 15) is 22.4 Å². The Bertz CT molecular complexity index is 494. The highest BCUT2D eigenvalue weighted by Crippen LogP contribution is 2.26. The van der Waals surface area contributed by atoms with Crippen LogP contribution in [-0.4, -0.2) is 23.2 Å². The van der Waals surface area contributed by atoms with Crippen molar-refractivity contribution >= 4 is 5.97 Å². The molecular formula is C12H13F4NO3. The fourth-order valence-corrected chi connectivity index (χ4v) is 1.40. The zero-order chi connectivity index (χ0) is 15.5. The Morgan fingerprint density at radius 3 is 2.25 bits per heavy atom. The number of aliphatic carboxylic acids is 1. The highest BCUT2D eigenvalue weighted by Gasteiger charge is 2.27. The third-order valence-electron chi connectivity index (χ3n) is 2.65. The summed E-state index contributed by atoms with van der Waals surface area (Å²) in [6.45, 7) is 0.926. The summed E-state index contributed by atoms with van der Waals surface area (Å²) < 4.78 is 56.8. The van der Waals surface area contributed by atoms with Crippen LogP contribution >= 0.6 is 0 Å². The van der Waals surface area contributed by atoms with Gasteiger partial charge in [0.25, 0.3) is 0 Å². The van der Waals surface area contributed by atoms with Gasteiger partial charge < -0.3 is 15.6 Å². The molecule has 20 heavy (non-hydrogen) atoms. The first kappa shape index (κ1) is 16.2. The van der Waals surface area contributed by atoms with E-state index in [0.29, 0.717) is 0 Å². The van der Waals surface area contributed by atoms with Crippen molar-refractivity contribution in [3.05, 3.63) is 29.3 Å². The minimum absolute atomic E-state index is 0.0380. The second-order valence-corrected chi connectivity index (χ2v) is 4.47. The average molecular weight is 295 g/mol. The van der Waals surface area contributed by atoms with E-state index in [-0.39, 0.29) is 25.5 Å². The minimum atomic E-state index is -1.64. The van der Waals surface area contributed by atoms with Crippen molar-refractivity contribution in [3.63, 3.8) is 0 Å². The molecule has 4 nitrogen and oxygen atoms in total. The van der Waals surface area contributed by atoms with Gasteiger partial charge in [-0.05, 0) is 19.8 Å². The first-order valence-electron chi connectivity index (χ1n) is 5.65. The van der Waals surface area contributed by atoms with Crippen LogP contribution in [0.3, 0.4) is 0 Å². The van der Waals surface area contributed by atoms with E-state index in [4.69, 9.17) is 10.8 Å². The number of benzene rings is 1. The number of carboxylic acids is 1. The zero-order valence-corrected chi connectivity index (χ0v) is 10.6. The van der Waals surface area contributed by atoms with Crippen LogP contribution in [-0.2, 0) is 4.79 Å². The van der Waals surface area contributed by atoms with Gasteiger partial charge in [-0.1, -0.05) is 0 Å². The summed E-state index contributed by atoms with van der Waals surface area (Å²) >= 11 is 0. The molecule has 0 radical (unpaired) electrons. The maximum Gasteiger partial charge on any atom is 0.323 e. The minimum Gasteiger partial charge on any atom is -0.487 e. The van der Waals surface area contributed by atoms with Crippen molar-refractivity contribution in [1.29, 1.82) is 0 Å². The van der Waals surface area contributed by atoms with Gasteiger partial charge in [0.2, 0.25) is 11.6 Å². The third kappa shape index (κ3) is 3.60. The summed E-state index contributed by atoms with van der Waals surface area (Å²) in [6, 6.07) is 0.0684. The summed E-state index contributed by atoms with van der Waals surface area (Å²) in [5.41, 5.74) is 3.90. The lowest BCUT2D eigenvalue weighted by molar-refractivity contribution is -0.143. The van der Waals surface area contributed by atoms with Crippen LogP contribution < -0.4 is 10.5 Å². The van der Waals surface area contributed by atoms with E-state index >= 15 is 0 Å². The molecule has 3 N–H and O–H groups in total. The lowest BCUT2D eigenvalue weighted by Crippen LogP contribution is -2.44. The second kappa shape index (κ2) is 6.08. The average Bonchev–Trinajstić information content (AvgIpc) is 2.35. The van der Waals surface area contributed by atoms with Crippen LogP contribution in [0.25, 0.3) is 0 Å². The Morgan fingerprint density at radius 1 is 1.30 bits per heavy atom. The van der Waals surface area contributed by atoms with E-state index in [1.165, 1.54) is 6.92 Å². The van der Waals surface area contributed by atoms with E-state index in [2.05, 4.69) is 4.74 Å². The lowest BCUT2D eigenvalue weighted by Gasteiger charge is -2.18. The van der Waals surface area contributed by atoms with Crippen LogP contribution in [0, 0.1) is 23.3 Å². The first-order chi connectivity index (χ1) is 9.16. The predicted octanol–water partition coefficient (Wildman–Crippen LogP) is 2.20. The smallest absolute Gasteiger partial charge is 0.323 e. The largest absolute Gasteiger partial charge is 0.487 e. The number of hydrogen-bond donors (Lipinski definition) is 2. The molecule has 0 saturated carbocycles. The summed E-state index contributed by atoms with van der Waals surface area (Å²) in [4.78, 5) is 10.7. The van der Waals surface area contributed by atoms with Crippen LogP contribution in [0.15, 0.2) is 6.07 Å². The van der Waals surface area contributed by atoms with Gasteiger partial charge in [-0.3, -0.25) is 4.79 Å². The van der Waals surface area contributed by atoms with E-state index in [1.807, 2.05) is 0 Å². The van der Waals surface area contributed by atoms with Crippen molar-refractivity contribution in [2.45, 2.75) is 25.3 Å². The first-order valence-corrected chi connectivity index (χ1v) is 5.65. The summed E-state index contributed by atoms with van der Waals surface area (Å²) in [6.07, 6.45) is -0.000316. The molecule has 1 atom stereocenters. The number of carboxylic acid groups (broad SMARTS) is 1. The Hall–Kier alpha value is -1.83. The molecule has 1 unspecified atom stereocenters. The number of ether oxygens (including phenoxy) is 1. The Morgan fingerprint density at radius 2 is 1.80 bits per heavy atom. The Labute approximate surface area is 112 Å². The number of halogens is 4. The van der Waals surface area contributed by atoms with Gasteiger partial charge in [0.15, 0.2) is 17.4 Å². The summed E-state index contributed by atoms with van der Waals surface area (Å²) in [5, 5.41) is 8.73. The van der Waals surface area contributed by atoms with Crippen molar-refractivity contribution < 1.29 is 32.2 Å². The predicted molar refractivity (Wildman–Crippen MR) is 61.2 cm³/mol. The molecule has 0 spiro atoms. The number of nitrogens with two attached hydrogens (primary N) is 1. The maximum atomic E-state index is 13.2. The van der Waals surface area contributed by atoms with Crippen LogP contribution in [0.2, 0.25) is 0 Å². The molecule has 112 valence electrons. The van der Waals surface area contributed by atoms with Gasteiger partial charge in [0.1, 0.15) is 5.54 Å². The van der Waals surface area contributed by atoms with Gasteiger partial charge in [0, 0.05) is 6.07 Å². The molecular weight excluding hydrogens is 282 g/mol. The molecule has 0 heterocycles. The fraction of sp³-hybridized carbons (Fsp3) is 0.417. The van der Waals surface area contributed by atoms with E-state index < -0.39 is 40.5 Å². The van der Waals surface area contributed by atoms with E-state index in [1.54, 1.807) is 0 Å². The number of hydrogen-bond acceptors (Lipinski definition) is 3. The van der Waals surface area contributed by atoms with Gasteiger partial charge in [-0.25, -0.2) is 8.78 Å². The van der Waals surface area contributed by atoms with Crippen LogP contribution in [0.4, 0.5) is 17.6 Å². The monoisotopic (exact) mass is 295 g/mol. The summed E-state index contributed by atoms with van der Waals surface area (Å²) in [7, 11) is 0. The zero-order valence-electron chi connectivity index (χ0n) is 10.6. The van der Waals surface area contributed by atoms with Gasteiger partial charge in [-0.2, -0.15) is 8.78 Å². The topological polar surface area (TPSA) is 72.5 Å². The molecule has 0 aliphatic heterocycles. The molecule has 0 bridgehead atoms. The SMILES string of the molecule is CC(N)(CCCOc1c(F)c(F)cc(F)c1F)C(=O)O. The highest BCUT2D eigenvalue weighted by atomic mass is 19.2. The van der Waals surface area contributed by atoms with Crippen molar-refractivity contribution in [1.82, 2.24) is 0 Å². The molecule has 0 aromatic heterocycles.